The molecule has 0 fully saturated rings. The molecule has 0 spiro atoms. The van der Waals surface area contributed by atoms with E-state index in [1.54, 1.807) is 6.08 Å². The molecule has 0 aromatic rings. The average Bonchev–Trinajstić information content (AvgIpc) is 2.08. The molecule has 54 valence electrons. The highest BCUT2D eigenvalue weighted by atomic mass is 16.1. The van der Waals surface area contributed by atoms with Gasteiger partial charge in [-0.25, -0.2) is 0 Å². The zero-order valence-corrected chi connectivity index (χ0v) is 6.18. The molecule has 1 aliphatic carbocycles. The molecule has 0 aromatic carbocycles. The van der Waals surface area contributed by atoms with Gasteiger partial charge in [-0.1, -0.05) is 6.08 Å². The van der Waals surface area contributed by atoms with Crippen molar-refractivity contribution >= 4 is 12.1 Å². The van der Waals surface area contributed by atoms with Crippen LogP contribution in [0.15, 0.2) is 11.6 Å². The van der Waals surface area contributed by atoms with Gasteiger partial charge in [-0.05, 0) is 19.4 Å². The molecule has 2 nitrogen and oxygen atoms in total. The van der Waals surface area contributed by atoms with Crippen molar-refractivity contribution in [3.05, 3.63) is 11.6 Å². The number of carbonyl (C=O) groups excluding carboxylic acids is 2. The van der Waals surface area contributed by atoms with Gasteiger partial charge in [0.25, 0.3) is 0 Å². The molecule has 0 saturated carbocycles. The molecule has 0 atom stereocenters. The number of ketones is 1. The van der Waals surface area contributed by atoms with E-state index in [-0.39, 0.29) is 5.78 Å². The molecular weight excluding hydrogens is 128 g/mol. The Bertz CT molecular complexity index is 211. The van der Waals surface area contributed by atoms with Gasteiger partial charge in [0.05, 0.1) is 0 Å². The van der Waals surface area contributed by atoms with E-state index in [2.05, 4.69) is 0 Å². The number of allylic oxidation sites excluding steroid dienone is 2. The summed E-state index contributed by atoms with van der Waals surface area (Å²) in [6, 6.07) is 0. The molecular formula is C8H10O2. The third-order valence-corrected chi connectivity index (χ3v) is 1.78. The van der Waals surface area contributed by atoms with E-state index in [9.17, 15) is 9.59 Å². The summed E-state index contributed by atoms with van der Waals surface area (Å²) in [6.07, 6.45) is 2.81. The normalized spacial score (nSPS) is 22.6. The Morgan fingerprint density at radius 1 is 1.60 bits per heavy atom. The summed E-state index contributed by atoms with van der Waals surface area (Å²) in [7, 11) is 0. The van der Waals surface area contributed by atoms with Crippen LogP contribution in [-0.4, -0.2) is 12.1 Å². The fourth-order valence-corrected chi connectivity index (χ4v) is 1.08. The van der Waals surface area contributed by atoms with Crippen LogP contribution in [0.4, 0.5) is 0 Å². The largest absolute Gasteiger partial charge is 0.298 e. The maximum Gasteiger partial charge on any atom is 0.146 e. The van der Waals surface area contributed by atoms with Crippen LogP contribution in [0.5, 0.6) is 0 Å². The molecule has 1 aliphatic rings. The fraction of sp³-hybridized carbons (Fsp3) is 0.500. The highest BCUT2D eigenvalue weighted by Crippen LogP contribution is 2.30. The standard InChI is InChI=1S/C8H10O2/c1-8(2)4-6(5-9)3-7(8)10/h4-5H,3H2,1-2H3. The van der Waals surface area contributed by atoms with Gasteiger partial charge in [-0.15, -0.1) is 0 Å². The lowest BCUT2D eigenvalue weighted by molar-refractivity contribution is -0.123. The van der Waals surface area contributed by atoms with E-state index in [1.807, 2.05) is 13.8 Å². The van der Waals surface area contributed by atoms with Gasteiger partial charge in [0, 0.05) is 11.8 Å². The first kappa shape index (κ1) is 7.19. The van der Waals surface area contributed by atoms with Crippen molar-refractivity contribution < 1.29 is 9.59 Å². The minimum Gasteiger partial charge on any atom is -0.298 e. The van der Waals surface area contributed by atoms with E-state index < -0.39 is 5.41 Å². The molecule has 2 heteroatoms. The lowest BCUT2D eigenvalue weighted by Gasteiger charge is -2.10. The molecule has 0 aromatic heterocycles. The quantitative estimate of drug-likeness (QED) is 0.508. The maximum absolute atomic E-state index is 11.1. The predicted molar refractivity (Wildman–Crippen MR) is 37.6 cm³/mol. The summed E-state index contributed by atoms with van der Waals surface area (Å²) in [5, 5.41) is 0. The molecule has 10 heavy (non-hydrogen) atoms. The summed E-state index contributed by atoms with van der Waals surface area (Å²) in [6.45, 7) is 3.65. The summed E-state index contributed by atoms with van der Waals surface area (Å²) in [5.74, 6) is 0.134. The molecule has 0 heterocycles. The number of aldehydes is 1. The highest BCUT2D eigenvalue weighted by Gasteiger charge is 2.31. The van der Waals surface area contributed by atoms with Crippen molar-refractivity contribution in [1.29, 1.82) is 0 Å². The second-order valence-corrected chi connectivity index (χ2v) is 3.16. The van der Waals surface area contributed by atoms with E-state index in [0.717, 1.165) is 6.29 Å². The number of Topliss-reactive ketones (excluding diaryl/α,β-unsaturated/α-hetero) is 1. The molecule has 0 saturated heterocycles. The lowest BCUT2D eigenvalue weighted by Crippen LogP contribution is -2.15. The number of hydrogen-bond acceptors (Lipinski definition) is 2. The number of carbonyl (C=O) groups is 2. The van der Waals surface area contributed by atoms with Crippen molar-refractivity contribution in [3.8, 4) is 0 Å². The van der Waals surface area contributed by atoms with Crippen LogP contribution < -0.4 is 0 Å². The van der Waals surface area contributed by atoms with Gasteiger partial charge in [-0.2, -0.15) is 0 Å². The van der Waals surface area contributed by atoms with E-state index in [4.69, 9.17) is 0 Å². The Hall–Kier alpha value is -0.920. The van der Waals surface area contributed by atoms with Gasteiger partial charge >= 0.3 is 0 Å². The Morgan fingerprint density at radius 2 is 2.20 bits per heavy atom. The monoisotopic (exact) mass is 138 g/mol. The van der Waals surface area contributed by atoms with Crippen molar-refractivity contribution in [2.45, 2.75) is 20.3 Å². The lowest BCUT2D eigenvalue weighted by atomic mass is 9.92. The van der Waals surface area contributed by atoms with Crippen molar-refractivity contribution in [1.82, 2.24) is 0 Å². The predicted octanol–water partition coefficient (Wildman–Crippen LogP) is 1.11. The molecule has 0 N–H and O–H groups in total. The van der Waals surface area contributed by atoms with Gasteiger partial charge in [0.2, 0.25) is 0 Å². The zero-order chi connectivity index (χ0) is 7.78. The first-order valence-electron chi connectivity index (χ1n) is 3.26. The zero-order valence-electron chi connectivity index (χ0n) is 6.18. The van der Waals surface area contributed by atoms with Crippen LogP contribution in [0.25, 0.3) is 0 Å². The van der Waals surface area contributed by atoms with E-state index >= 15 is 0 Å². The molecule has 0 bridgehead atoms. The Morgan fingerprint density at radius 3 is 2.40 bits per heavy atom. The van der Waals surface area contributed by atoms with Crippen LogP contribution in [0.3, 0.4) is 0 Å². The molecule has 0 radical (unpaired) electrons. The fourth-order valence-electron chi connectivity index (χ4n) is 1.08. The Kier molecular flexibility index (Phi) is 1.47. The molecule has 0 unspecified atom stereocenters. The van der Waals surface area contributed by atoms with E-state index in [1.165, 1.54) is 0 Å². The highest BCUT2D eigenvalue weighted by molar-refractivity contribution is 5.98. The topological polar surface area (TPSA) is 34.1 Å². The van der Waals surface area contributed by atoms with Crippen LogP contribution in [0, 0.1) is 5.41 Å². The minimum atomic E-state index is -0.407. The van der Waals surface area contributed by atoms with Crippen LogP contribution in [0.1, 0.15) is 20.3 Å². The van der Waals surface area contributed by atoms with Crippen molar-refractivity contribution in [2.75, 3.05) is 0 Å². The Balaban J connectivity index is 2.91. The van der Waals surface area contributed by atoms with Crippen molar-refractivity contribution in [2.24, 2.45) is 5.41 Å². The maximum atomic E-state index is 11.1. The summed E-state index contributed by atoms with van der Waals surface area (Å²) in [5.41, 5.74) is 0.214. The second-order valence-electron chi connectivity index (χ2n) is 3.16. The molecule has 0 aliphatic heterocycles. The second kappa shape index (κ2) is 2.04. The number of hydrogen-bond donors (Lipinski definition) is 0. The van der Waals surface area contributed by atoms with Crippen molar-refractivity contribution in [3.63, 3.8) is 0 Å². The summed E-state index contributed by atoms with van der Waals surface area (Å²) < 4.78 is 0. The molecule has 1 rings (SSSR count). The summed E-state index contributed by atoms with van der Waals surface area (Å²) in [4.78, 5) is 21.3. The Labute approximate surface area is 59.9 Å². The van der Waals surface area contributed by atoms with Gasteiger partial charge in [-0.3, -0.25) is 9.59 Å². The van der Waals surface area contributed by atoms with Crippen LogP contribution in [-0.2, 0) is 9.59 Å². The van der Waals surface area contributed by atoms with Crippen LogP contribution >= 0.6 is 0 Å². The summed E-state index contributed by atoms with van der Waals surface area (Å²) >= 11 is 0. The SMILES string of the molecule is CC1(C)C=C(C=O)CC1=O. The molecule has 0 amide bonds. The van der Waals surface area contributed by atoms with Gasteiger partial charge < -0.3 is 0 Å². The van der Waals surface area contributed by atoms with Gasteiger partial charge in [0.1, 0.15) is 12.1 Å². The first-order valence-corrected chi connectivity index (χ1v) is 3.26. The number of rotatable bonds is 1. The van der Waals surface area contributed by atoms with Gasteiger partial charge in [0.15, 0.2) is 0 Å². The first-order chi connectivity index (χ1) is 4.56. The van der Waals surface area contributed by atoms with E-state index in [0.29, 0.717) is 12.0 Å². The third-order valence-electron chi connectivity index (χ3n) is 1.78. The minimum absolute atomic E-state index is 0.134. The van der Waals surface area contributed by atoms with Crippen LogP contribution in [0.2, 0.25) is 0 Å². The smallest absolute Gasteiger partial charge is 0.146 e. The average molecular weight is 138 g/mol. The third kappa shape index (κ3) is 1.01.